The lowest BCUT2D eigenvalue weighted by atomic mass is 10.1. The molecule has 1 saturated heterocycles. The van der Waals surface area contributed by atoms with Gasteiger partial charge in [-0.05, 0) is 19.3 Å². The lowest BCUT2D eigenvalue weighted by Gasteiger charge is -2.37. The van der Waals surface area contributed by atoms with Gasteiger partial charge < -0.3 is 5.32 Å². The van der Waals surface area contributed by atoms with Crippen LogP contribution in [0.15, 0.2) is 0 Å². The van der Waals surface area contributed by atoms with Crippen molar-refractivity contribution < 1.29 is 0 Å². The topological polar surface area (TPSA) is 15.3 Å². The first-order valence-electron chi connectivity index (χ1n) is 6.88. The first kappa shape index (κ1) is 12.7. The minimum atomic E-state index is 0.786. The Morgan fingerprint density at radius 2 is 2.25 bits per heavy atom. The normalized spacial score (nSPS) is 29.2. The van der Waals surface area contributed by atoms with Crippen molar-refractivity contribution in [3.05, 3.63) is 0 Å². The van der Waals surface area contributed by atoms with Crippen LogP contribution in [0, 0.1) is 0 Å². The van der Waals surface area contributed by atoms with Gasteiger partial charge in [0.05, 0.1) is 0 Å². The molecule has 1 saturated carbocycles. The second-order valence-corrected chi connectivity index (χ2v) is 6.85. The van der Waals surface area contributed by atoms with Crippen LogP contribution in [0.1, 0.15) is 39.5 Å². The summed E-state index contributed by atoms with van der Waals surface area (Å²) >= 11 is 2.13. The van der Waals surface area contributed by atoms with Gasteiger partial charge in [0, 0.05) is 42.7 Å². The molecule has 1 aliphatic carbocycles. The van der Waals surface area contributed by atoms with E-state index >= 15 is 0 Å². The Bertz CT molecular complexity index is 206. The van der Waals surface area contributed by atoms with Crippen molar-refractivity contribution in [2.45, 2.75) is 56.9 Å². The van der Waals surface area contributed by atoms with E-state index in [1.165, 1.54) is 51.1 Å². The molecule has 2 fully saturated rings. The fraction of sp³-hybridized carbons (Fsp3) is 1.00. The van der Waals surface area contributed by atoms with Crippen LogP contribution >= 0.6 is 11.8 Å². The zero-order chi connectivity index (χ0) is 11.4. The van der Waals surface area contributed by atoms with E-state index in [0.29, 0.717) is 0 Å². The maximum Gasteiger partial charge on any atom is 0.0221 e. The summed E-state index contributed by atoms with van der Waals surface area (Å²) in [5, 5.41) is 4.53. The Kier molecular flexibility index (Phi) is 4.98. The van der Waals surface area contributed by atoms with Crippen molar-refractivity contribution in [2.24, 2.45) is 0 Å². The van der Waals surface area contributed by atoms with Crippen molar-refractivity contribution in [1.29, 1.82) is 0 Å². The van der Waals surface area contributed by atoms with Crippen molar-refractivity contribution in [3.8, 4) is 0 Å². The standard InChI is InChI=1S/C13H26N2S/c1-3-4-13(9-14-12-5-6-12)15-7-8-16-11(2)10-15/h11-14H,3-10H2,1-2H3. The summed E-state index contributed by atoms with van der Waals surface area (Å²) in [6.07, 6.45) is 5.49. The van der Waals surface area contributed by atoms with Crippen molar-refractivity contribution in [2.75, 3.05) is 25.4 Å². The van der Waals surface area contributed by atoms with Gasteiger partial charge in [-0.15, -0.1) is 0 Å². The number of hydrogen-bond acceptors (Lipinski definition) is 3. The predicted molar refractivity (Wildman–Crippen MR) is 73.2 cm³/mol. The van der Waals surface area contributed by atoms with Gasteiger partial charge in [-0.25, -0.2) is 0 Å². The molecule has 94 valence electrons. The van der Waals surface area contributed by atoms with Gasteiger partial charge in [-0.1, -0.05) is 20.3 Å². The molecule has 0 bridgehead atoms. The average molecular weight is 242 g/mol. The highest BCUT2D eigenvalue weighted by molar-refractivity contribution is 7.99. The van der Waals surface area contributed by atoms with Crippen LogP contribution in [-0.2, 0) is 0 Å². The van der Waals surface area contributed by atoms with Gasteiger partial charge in [0.15, 0.2) is 0 Å². The SMILES string of the molecule is CCCC(CNC1CC1)N1CCSC(C)C1. The Labute approximate surface area is 105 Å². The molecule has 0 amide bonds. The molecule has 0 radical (unpaired) electrons. The summed E-state index contributed by atoms with van der Waals surface area (Å²) in [6.45, 7) is 8.49. The van der Waals surface area contributed by atoms with Gasteiger partial charge >= 0.3 is 0 Å². The Hall–Kier alpha value is 0.270. The molecule has 1 heterocycles. The zero-order valence-corrected chi connectivity index (χ0v) is 11.6. The highest BCUT2D eigenvalue weighted by Gasteiger charge is 2.26. The first-order valence-corrected chi connectivity index (χ1v) is 7.93. The maximum absolute atomic E-state index is 3.71. The van der Waals surface area contributed by atoms with Crippen molar-refractivity contribution in [3.63, 3.8) is 0 Å². The highest BCUT2D eigenvalue weighted by atomic mass is 32.2. The van der Waals surface area contributed by atoms with E-state index in [2.05, 4.69) is 35.8 Å². The van der Waals surface area contributed by atoms with Crippen LogP contribution in [0.2, 0.25) is 0 Å². The van der Waals surface area contributed by atoms with E-state index in [1.54, 1.807) is 0 Å². The zero-order valence-electron chi connectivity index (χ0n) is 10.7. The summed E-state index contributed by atoms with van der Waals surface area (Å²) in [5.74, 6) is 1.32. The molecule has 0 aromatic rings. The lowest BCUT2D eigenvalue weighted by molar-refractivity contribution is 0.189. The van der Waals surface area contributed by atoms with Gasteiger partial charge in [0.2, 0.25) is 0 Å². The maximum atomic E-state index is 3.71. The molecular weight excluding hydrogens is 216 g/mol. The first-order chi connectivity index (χ1) is 7.79. The Morgan fingerprint density at radius 3 is 2.88 bits per heavy atom. The molecule has 0 aromatic heterocycles. The van der Waals surface area contributed by atoms with E-state index < -0.39 is 0 Å². The fourth-order valence-electron chi connectivity index (χ4n) is 2.51. The van der Waals surface area contributed by atoms with Crippen LogP contribution < -0.4 is 5.32 Å². The number of nitrogens with zero attached hydrogens (tertiary/aromatic N) is 1. The highest BCUT2D eigenvalue weighted by Crippen LogP contribution is 2.22. The number of rotatable bonds is 6. The minimum absolute atomic E-state index is 0.786. The molecule has 2 unspecified atom stereocenters. The molecule has 2 atom stereocenters. The monoisotopic (exact) mass is 242 g/mol. The number of hydrogen-bond donors (Lipinski definition) is 1. The van der Waals surface area contributed by atoms with E-state index in [-0.39, 0.29) is 0 Å². The summed E-state index contributed by atoms with van der Waals surface area (Å²) in [6, 6.07) is 1.64. The molecule has 2 rings (SSSR count). The van der Waals surface area contributed by atoms with Gasteiger partial charge in [0.1, 0.15) is 0 Å². The molecule has 2 aliphatic rings. The average Bonchev–Trinajstić information content (AvgIpc) is 3.08. The predicted octanol–water partition coefficient (Wildman–Crippen LogP) is 2.34. The third kappa shape index (κ3) is 3.94. The van der Waals surface area contributed by atoms with Crippen LogP contribution in [0.5, 0.6) is 0 Å². The quantitative estimate of drug-likeness (QED) is 0.770. The molecule has 1 N–H and O–H groups in total. The minimum Gasteiger partial charge on any atom is -0.312 e. The third-order valence-corrected chi connectivity index (χ3v) is 4.77. The largest absolute Gasteiger partial charge is 0.312 e. The number of thioether (sulfide) groups is 1. The van der Waals surface area contributed by atoms with Crippen LogP contribution in [0.4, 0.5) is 0 Å². The van der Waals surface area contributed by atoms with Crippen LogP contribution in [-0.4, -0.2) is 47.6 Å². The molecule has 0 spiro atoms. The molecule has 2 nitrogen and oxygen atoms in total. The van der Waals surface area contributed by atoms with Gasteiger partial charge in [-0.3, -0.25) is 4.90 Å². The number of nitrogens with one attached hydrogen (secondary N) is 1. The molecule has 1 aliphatic heterocycles. The van der Waals surface area contributed by atoms with Gasteiger partial charge in [-0.2, -0.15) is 11.8 Å². The van der Waals surface area contributed by atoms with Crippen molar-refractivity contribution in [1.82, 2.24) is 10.2 Å². The third-order valence-electron chi connectivity index (χ3n) is 3.63. The molecule has 3 heteroatoms. The molecule has 16 heavy (non-hydrogen) atoms. The Morgan fingerprint density at radius 1 is 1.44 bits per heavy atom. The second kappa shape index (κ2) is 6.27. The lowest BCUT2D eigenvalue weighted by Crippen LogP contribution is -2.48. The van der Waals surface area contributed by atoms with E-state index in [4.69, 9.17) is 0 Å². The van der Waals surface area contributed by atoms with E-state index in [9.17, 15) is 0 Å². The second-order valence-electron chi connectivity index (χ2n) is 5.30. The van der Waals surface area contributed by atoms with Crippen LogP contribution in [0.3, 0.4) is 0 Å². The summed E-state index contributed by atoms with van der Waals surface area (Å²) in [4.78, 5) is 2.72. The molecular formula is C13H26N2S. The molecule has 0 aromatic carbocycles. The summed E-state index contributed by atoms with van der Waals surface area (Å²) in [7, 11) is 0. The summed E-state index contributed by atoms with van der Waals surface area (Å²) < 4.78 is 0. The smallest absolute Gasteiger partial charge is 0.0221 e. The Balaban J connectivity index is 1.78. The van der Waals surface area contributed by atoms with E-state index in [1.807, 2.05) is 0 Å². The van der Waals surface area contributed by atoms with Crippen molar-refractivity contribution >= 4 is 11.8 Å². The fourth-order valence-corrected chi connectivity index (χ4v) is 3.55. The summed E-state index contributed by atoms with van der Waals surface area (Å²) in [5.41, 5.74) is 0. The van der Waals surface area contributed by atoms with E-state index in [0.717, 1.165) is 17.3 Å². The van der Waals surface area contributed by atoms with Gasteiger partial charge in [0.25, 0.3) is 0 Å². The van der Waals surface area contributed by atoms with Crippen LogP contribution in [0.25, 0.3) is 0 Å².